The van der Waals surface area contributed by atoms with Gasteiger partial charge < -0.3 is 5.32 Å². The summed E-state index contributed by atoms with van der Waals surface area (Å²) in [6.07, 6.45) is -2.61. The van der Waals surface area contributed by atoms with Crippen LogP contribution in [0.1, 0.15) is 23.3 Å². The number of aryl methyl sites for hydroxylation is 1. The van der Waals surface area contributed by atoms with Crippen molar-refractivity contribution in [2.45, 2.75) is 30.8 Å². The second-order valence-electron chi connectivity index (χ2n) is 6.58. The lowest BCUT2D eigenvalue weighted by atomic mass is 9.97. The van der Waals surface area contributed by atoms with Crippen molar-refractivity contribution in [1.82, 2.24) is 9.29 Å². The first-order chi connectivity index (χ1) is 13.5. The number of amides is 1. The average molecular weight is 468 g/mol. The molecule has 1 fully saturated rings. The molecule has 3 rings (SSSR count). The molecule has 12 heteroatoms. The third kappa shape index (κ3) is 4.90. The topological polar surface area (TPSA) is 79.4 Å². The lowest BCUT2D eigenvalue weighted by Gasteiger charge is -2.30. The Bertz CT molecular complexity index is 1020. The van der Waals surface area contributed by atoms with Gasteiger partial charge in [-0.3, -0.25) is 4.79 Å². The van der Waals surface area contributed by atoms with Gasteiger partial charge in [-0.2, -0.15) is 17.5 Å². The standard InChI is InChI=1S/C17H17ClF3N3O3S2/c1-10-9-22-16(28-10)23-15(25)11-4-6-24(7-5-11)29(26,27)12-2-3-14(18)13(8-12)17(19,20)21/h2-3,8-9,11H,4-7H2,1H3,(H,22,23,25). The van der Waals surface area contributed by atoms with Gasteiger partial charge in [-0.25, -0.2) is 13.4 Å². The number of benzene rings is 1. The minimum Gasteiger partial charge on any atom is -0.302 e. The van der Waals surface area contributed by atoms with Crippen LogP contribution in [0.2, 0.25) is 5.02 Å². The van der Waals surface area contributed by atoms with Crippen LogP contribution in [0.5, 0.6) is 0 Å². The second kappa shape index (κ2) is 8.21. The van der Waals surface area contributed by atoms with Gasteiger partial charge in [-0.1, -0.05) is 11.6 Å². The van der Waals surface area contributed by atoms with Gasteiger partial charge in [0.25, 0.3) is 0 Å². The molecule has 1 saturated heterocycles. The summed E-state index contributed by atoms with van der Waals surface area (Å²) in [5.74, 6) is -0.649. The Hall–Kier alpha value is -1.69. The molecule has 2 heterocycles. The van der Waals surface area contributed by atoms with Gasteiger partial charge in [0.1, 0.15) is 0 Å². The van der Waals surface area contributed by atoms with E-state index in [9.17, 15) is 26.4 Å². The zero-order chi connectivity index (χ0) is 21.4. The van der Waals surface area contributed by atoms with E-state index in [-0.39, 0.29) is 31.8 Å². The van der Waals surface area contributed by atoms with Crippen LogP contribution in [0, 0.1) is 12.8 Å². The first kappa shape index (κ1) is 22.0. The third-order valence-corrected chi connectivity index (χ3v) is 7.61. The van der Waals surface area contributed by atoms with Gasteiger partial charge >= 0.3 is 6.18 Å². The van der Waals surface area contributed by atoms with Crippen LogP contribution in [-0.4, -0.2) is 36.7 Å². The van der Waals surface area contributed by atoms with Crippen LogP contribution in [0.3, 0.4) is 0 Å². The molecule has 1 aliphatic heterocycles. The highest BCUT2D eigenvalue weighted by Gasteiger charge is 2.37. The quantitative estimate of drug-likeness (QED) is 0.732. The van der Waals surface area contributed by atoms with Crippen molar-refractivity contribution >= 4 is 44.0 Å². The van der Waals surface area contributed by atoms with E-state index >= 15 is 0 Å². The number of aromatic nitrogens is 1. The number of sulfonamides is 1. The van der Waals surface area contributed by atoms with Crippen molar-refractivity contribution < 1.29 is 26.4 Å². The van der Waals surface area contributed by atoms with Gasteiger partial charge in [0.05, 0.1) is 15.5 Å². The Morgan fingerprint density at radius 3 is 2.52 bits per heavy atom. The largest absolute Gasteiger partial charge is 0.417 e. The lowest BCUT2D eigenvalue weighted by molar-refractivity contribution is -0.137. The Morgan fingerprint density at radius 2 is 1.97 bits per heavy atom. The van der Waals surface area contributed by atoms with Crippen LogP contribution in [0.15, 0.2) is 29.3 Å². The molecule has 0 atom stereocenters. The Kier molecular flexibility index (Phi) is 6.23. The number of rotatable bonds is 4. The Balaban J connectivity index is 1.69. The second-order valence-corrected chi connectivity index (χ2v) is 10.2. The highest BCUT2D eigenvalue weighted by atomic mass is 35.5. The first-order valence-electron chi connectivity index (χ1n) is 8.58. The predicted molar refractivity (Wildman–Crippen MR) is 103 cm³/mol. The number of alkyl halides is 3. The smallest absolute Gasteiger partial charge is 0.302 e. The average Bonchev–Trinajstić information content (AvgIpc) is 3.05. The summed E-state index contributed by atoms with van der Waals surface area (Å²) >= 11 is 6.90. The van der Waals surface area contributed by atoms with E-state index in [0.29, 0.717) is 11.2 Å². The molecule has 2 aromatic rings. The zero-order valence-electron chi connectivity index (χ0n) is 15.2. The molecule has 1 aromatic heterocycles. The molecule has 1 amide bonds. The molecule has 29 heavy (non-hydrogen) atoms. The lowest BCUT2D eigenvalue weighted by Crippen LogP contribution is -2.41. The highest BCUT2D eigenvalue weighted by Crippen LogP contribution is 2.37. The summed E-state index contributed by atoms with van der Waals surface area (Å²) in [6, 6.07) is 2.52. The molecule has 0 aliphatic carbocycles. The molecule has 0 unspecified atom stereocenters. The molecule has 0 spiro atoms. The van der Waals surface area contributed by atoms with Crippen molar-refractivity contribution in [1.29, 1.82) is 0 Å². The fourth-order valence-corrected chi connectivity index (χ4v) is 5.40. The normalized spacial score (nSPS) is 16.7. The first-order valence-corrected chi connectivity index (χ1v) is 11.2. The van der Waals surface area contributed by atoms with Gasteiger partial charge in [-0.15, -0.1) is 11.3 Å². The number of piperidine rings is 1. The molecule has 0 saturated carbocycles. The van der Waals surface area contributed by atoms with Gasteiger partial charge in [0.2, 0.25) is 15.9 Å². The van der Waals surface area contributed by atoms with Crippen molar-refractivity contribution in [3.8, 4) is 0 Å². The molecular formula is C17H17ClF3N3O3S2. The number of hydrogen-bond acceptors (Lipinski definition) is 5. The fourth-order valence-electron chi connectivity index (χ4n) is 3.01. The minimum absolute atomic E-state index is 0.0291. The number of thiazole rings is 1. The molecule has 0 bridgehead atoms. The van der Waals surface area contributed by atoms with Crippen LogP contribution >= 0.6 is 22.9 Å². The number of anilines is 1. The number of halogens is 4. The monoisotopic (exact) mass is 467 g/mol. The fraction of sp³-hybridized carbons (Fsp3) is 0.412. The molecule has 0 radical (unpaired) electrons. The zero-order valence-corrected chi connectivity index (χ0v) is 17.6. The molecule has 1 aromatic carbocycles. The number of nitrogens with zero attached hydrogens (tertiary/aromatic N) is 2. The summed E-state index contributed by atoms with van der Waals surface area (Å²) in [5.41, 5.74) is -1.20. The maximum atomic E-state index is 13.0. The molecule has 1 N–H and O–H groups in total. The van der Waals surface area contributed by atoms with E-state index < -0.39 is 37.6 Å². The SMILES string of the molecule is Cc1cnc(NC(=O)C2CCN(S(=O)(=O)c3ccc(Cl)c(C(F)(F)F)c3)CC2)s1. The number of carbonyl (C=O) groups is 1. The van der Waals surface area contributed by atoms with Crippen LogP contribution in [0.4, 0.5) is 18.3 Å². The number of hydrogen-bond donors (Lipinski definition) is 1. The van der Waals surface area contributed by atoms with Crippen molar-refractivity contribution in [3.05, 3.63) is 39.9 Å². The molecule has 158 valence electrons. The van der Waals surface area contributed by atoms with Crippen molar-refractivity contribution in [2.24, 2.45) is 5.92 Å². The van der Waals surface area contributed by atoms with Crippen LogP contribution in [-0.2, 0) is 21.0 Å². The summed E-state index contributed by atoms with van der Waals surface area (Å²) in [7, 11) is -4.13. The van der Waals surface area contributed by atoms with Gasteiger partial charge in [0, 0.05) is 30.1 Å². The van der Waals surface area contributed by atoms with Crippen LogP contribution < -0.4 is 5.32 Å². The predicted octanol–water partition coefficient (Wildman–Crippen LogP) is 4.16. The van der Waals surface area contributed by atoms with E-state index in [0.717, 1.165) is 21.3 Å². The van der Waals surface area contributed by atoms with E-state index in [1.54, 1.807) is 6.20 Å². The van der Waals surface area contributed by atoms with Crippen LogP contribution in [0.25, 0.3) is 0 Å². The maximum Gasteiger partial charge on any atom is 0.417 e. The highest BCUT2D eigenvalue weighted by molar-refractivity contribution is 7.89. The Labute approximate surface area is 174 Å². The molecule has 6 nitrogen and oxygen atoms in total. The molecular weight excluding hydrogens is 451 g/mol. The van der Waals surface area contributed by atoms with Crippen molar-refractivity contribution in [2.75, 3.05) is 18.4 Å². The van der Waals surface area contributed by atoms with Gasteiger partial charge in [-0.05, 0) is 38.0 Å². The van der Waals surface area contributed by atoms with E-state index in [2.05, 4.69) is 10.3 Å². The summed E-state index contributed by atoms with van der Waals surface area (Å²) in [5, 5.41) is 2.62. The summed E-state index contributed by atoms with van der Waals surface area (Å²) in [6.45, 7) is 1.92. The minimum atomic E-state index is -4.76. The number of carbonyl (C=O) groups excluding carboxylic acids is 1. The summed E-state index contributed by atoms with van der Waals surface area (Å²) in [4.78, 5) is 16.9. The van der Waals surface area contributed by atoms with Gasteiger partial charge in [0.15, 0.2) is 5.13 Å². The van der Waals surface area contributed by atoms with E-state index in [4.69, 9.17) is 11.6 Å². The van der Waals surface area contributed by atoms with Crippen molar-refractivity contribution in [3.63, 3.8) is 0 Å². The number of nitrogens with one attached hydrogen (secondary N) is 1. The summed E-state index contributed by atoms with van der Waals surface area (Å²) < 4.78 is 65.7. The third-order valence-electron chi connectivity index (χ3n) is 4.56. The van der Waals surface area contributed by atoms with E-state index in [1.165, 1.54) is 11.3 Å². The Morgan fingerprint density at radius 1 is 1.31 bits per heavy atom. The molecule has 1 aliphatic rings. The maximum absolute atomic E-state index is 13.0. The van der Waals surface area contributed by atoms with E-state index in [1.807, 2.05) is 6.92 Å².